The molecule has 9 nitrogen and oxygen atoms in total. The molecule has 2 rings (SSSR count). The van der Waals surface area contributed by atoms with Gasteiger partial charge in [-0.05, 0) is 45.9 Å². The Hall–Kier alpha value is -3.23. The molecule has 1 fully saturated rings. The molecule has 1 aliphatic heterocycles. The molecule has 0 saturated carbocycles. The number of imide groups is 2. The Kier molecular flexibility index (Phi) is 6.50. The molecule has 28 heavy (non-hydrogen) atoms. The number of urea groups is 1. The molecule has 1 aliphatic rings. The van der Waals surface area contributed by atoms with E-state index in [-0.39, 0.29) is 5.91 Å². The van der Waals surface area contributed by atoms with Crippen LogP contribution in [0.1, 0.15) is 38.1 Å². The Labute approximate surface area is 163 Å². The topological polar surface area (TPSA) is 107 Å². The van der Waals surface area contributed by atoms with Gasteiger partial charge in [-0.3, -0.25) is 24.1 Å². The van der Waals surface area contributed by atoms with Crippen molar-refractivity contribution in [3.8, 4) is 0 Å². The minimum atomic E-state index is -1.03. The van der Waals surface area contributed by atoms with E-state index in [4.69, 9.17) is 0 Å². The lowest BCUT2D eigenvalue weighted by Gasteiger charge is -2.19. The first-order valence-electron chi connectivity index (χ1n) is 9.09. The number of carbonyl (C=O) groups excluding carboxylic acids is 5. The highest BCUT2D eigenvalue weighted by Gasteiger charge is 2.46. The quantitative estimate of drug-likeness (QED) is 0.560. The lowest BCUT2D eigenvalue weighted by molar-refractivity contribution is -0.144. The lowest BCUT2D eigenvalue weighted by atomic mass is 10.1. The highest BCUT2D eigenvalue weighted by atomic mass is 16.2. The first-order chi connectivity index (χ1) is 13.2. The molecule has 0 spiro atoms. The Morgan fingerprint density at radius 3 is 2.25 bits per heavy atom. The van der Waals surface area contributed by atoms with Gasteiger partial charge in [0.25, 0.3) is 5.91 Å². The number of carbonyl (C=O) groups is 5. The van der Waals surface area contributed by atoms with Gasteiger partial charge < -0.3 is 10.2 Å². The summed E-state index contributed by atoms with van der Waals surface area (Å²) in [6.07, 6.45) is 0. The van der Waals surface area contributed by atoms with Crippen LogP contribution in [-0.4, -0.2) is 70.0 Å². The summed E-state index contributed by atoms with van der Waals surface area (Å²) >= 11 is 0. The maximum absolute atomic E-state index is 12.4. The van der Waals surface area contributed by atoms with E-state index in [0.29, 0.717) is 29.2 Å². The number of rotatable bonds is 7. The second kappa shape index (κ2) is 8.64. The number of nitrogens with zero attached hydrogens (tertiary/aromatic N) is 3. The lowest BCUT2D eigenvalue weighted by Crippen LogP contribution is -2.40. The molecular formula is C19H24N4O5. The van der Waals surface area contributed by atoms with Crippen molar-refractivity contribution in [3.63, 3.8) is 0 Å². The van der Waals surface area contributed by atoms with Crippen LogP contribution >= 0.6 is 0 Å². The fraction of sp³-hybridized carbons (Fsp3) is 0.421. The Morgan fingerprint density at radius 1 is 1.07 bits per heavy atom. The Balaban J connectivity index is 2.09. The maximum atomic E-state index is 12.4. The molecule has 1 aromatic rings. The van der Waals surface area contributed by atoms with E-state index in [2.05, 4.69) is 5.32 Å². The summed E-state index contributed by atoms with van der Waals surface area (Å²) in [5, 5.41) is 2.55. The molecule has 1 heterocycles. The summed E-state index contributed by atoms with van der Waals surface area (Å²) < 4.78 is 0. The molecule has 1 N–H and O–H groups in total. The minimum Gasteiger partial charge on any atom is -0.339 e. The predicted octanol–water partition coefficient (Wildman–Crippen LogP) is 1.31. The van der Waals surface area contributed by atoms with Gasteiger partial charge in [0.2, 0.25) is 5.91 Å². The summed E-state index contributed by atoms with van der Waals surface area (Å²) in [6, 6.07) is 5.09. The highest BCUT2D eigenvalue weighted by Crippen LogP contribution is 2.16. The zero-order valence-electron chi connectivity index (χ0n) is 16.4. The molecule has 1 aromatic carbocycles. The summed E-state index contributed by atoms with van der Waals surface area (Å²) in [7, 11) is 0. The zero-order chi connectivity index (χ0) is 21.0. The smallest absolute Gasteiger partial charge is 0.334 e. The SMILES string of the molecule is CCN(CC)C(=O)c1cccc(NC(=O)CN2C(=O)C(=O)N(C(C)C)C2=O)c1. The van der Waals surface area contributed by atoms with E-state index in [9.17, 15) is 24.0 Å². The number of hydrogen-bond donors (Lipinski definition) is 1. The van der Waals surface area contributed by atoms with Gasteiger partial charge in [0.15, 0.2) is 0 Å². The van der Waals surface area contributed by atoms with Gasteiger partial charge >= 0.3 is 17.8 Å². The molecule has 0 aromatic heterocycles. The standard InChI is InChI=1S/C19H24N4O5/c1-5-21(6-2)16(25)13-8-7-9-14(10-13)20-15(24)11-22-17(26)18(27)23(12(3)4)19(22)28/h7-10,12H,5-6,11H2,1-4H3,(H,20,24). The molecule has 9 heteroatoms. The van der Waals surface area contributed by atoms with Crippen LogP contribution in [0.5, 0.6) is 0 Å². The van der Waals surface area contributed by atoms with Gasteiger partial charge in [0, 0.05) is 30.4 Å². The molecule has 6 amide bonds. The van der Waals surface area contributed by atoms with Crippen LogP contribution in [0.3, 0.4) is 0 Å². The van der Waals surface area contributed by atoms with Crippen molar-refractivity contribution >= 4 is 35.3 Å². The second-order valence-electron chi connectivity index (χ2n) is 6.55. The number of hydrogen-bond acceptors (Lipinski definition) is 5. The molecule has 0 radical (unpaired) electrons. The van der Waals surface area contributed by atoms with E-state index >= 15 is 0 Å². The third kappa shape index (κ3) is 4.19. The van der Waals surface area contributed by atoms with E-state index in [1.165, 1.54) is 6.07 Å². The molecule has 0 bridgehead atoms. The van der Waals surface area contributed by atoms with Gasteiger partial charge in [-0.1, -0.05) is 6.07 Å². The van der Waals surface area contributed by atoms with Crippen LogP contribution < -0.4 is 5.32 Å². The predicted molar refractivity (Wildman–Crippen MR) is 101 cm³/mol. The maximum Gasteiger partial charge on any atom is 0.334 e. The van der Waals surface area contributed by atoms with Crippen molar-refractivity contribution in [2.24, 2.45) is 0 Å². The fourth-order valence-electron chi connectivity index (χ4n) is 2.88. The largest absolute Gasteiger partial charge is 0.339 e. The summed E-state index contributed by atoms with van der Waals surface area (Å²) in [5.41, 5.74) is 0.769. The third-order valence-electron chi connectivity index (χ3n) is 4.35. The summed E-state index contributed by atoms with van der Waals surface area (Å²) in [5.74, 6) is -2.78. The number of anilines is 1. The average molecular weight is 388 g/mol. The highest BCUT2D eigenvalue weighted by molar-refractivity contribution is 6.45. The fourth-order valence-corrected chi connectivity index (χ4v) is 2.88. The van der Waals surface area contributed by atoms with Crippen molar-refractivity contribution in [1.82, 2.24) is 14.7 Å². The van der Waals surface area contributed by atoms with Crippen LogP contribution in [0.25, 0.3) is 0 Å². The monoisotopic (exact) mass is 388 g/mol. The number of benzene rings is 1. The van der Waals surface area contributed by atoms with Crippen molar-refractivity contribution in [2.75, 3.05) is 25.0 Å². The summed E-state index contributed by atoms with van der Waals surface area (Å²) in [6.45, 7) is 7.49. The van der Waals surface area contributed by atoms with Crippen LogP contribution in [0.15, 0.2) is 24.3 Å². The van der Waals surface area contributed by atoms with E-state index in [1.54, 1.807) is 36.9 Å². The molecule has 1 saturated heterocycles. The van der Waals surface area contributed by atoms with Gasteiger partial charge in [-0.2, -0.15) is 0 Å². The summed E-state index contributed by atoms with van der Waals surface area (Å²) in [4.78, 5) is 63.9. The van der Waals surface area contributed by atoms with Crippen LogP contribution in [0.2, 0.25) is 0 Å². The van der Waals surface area contributed by atoms with Crippen molar-refractivity contribution in [3.05, 3.63) is 29.8 Å². The van der Waals surface area contributed by atoms with E-state index in [1.807, 2.05) is 13.8 Å². The number of nitrogens with one attached hydrogen (secondary N) is 1. The van der Waals surface area contributed by atoms with Crippen molar-refractivity contribution in [2.45, 2.75) is 33.7 Å². The Morgan fingerprint density at radius 2 is 1.71 bits per heavy atom. The molecule has 0 atom stereocenters. The van der Waals surface area contributed by atoms with Gasteiger partial charge in [0.1, 0.15) is 6.54 Å². The zero-order valence-corrected chi connectivity index (χ0v) is 16.4. The van der Waals surface area contributed by atoms with E-state index in [0.717, 1.165) is 4.90 Å². The van der Waals surface area contributed by atoms with Crippen molar-refractivity contribution < 1.29 is 24.0 Å². The minimum absolute atomic E-state index is 0.163. The van der Waals surface area contributed by atoms with Crippen LogP contribution in [-0.2, 0) is 14.4 Å². The first-order valence-corrected chi connectivity index (χ1v) is 9.09. The van der Waals surface area contributed by atoms with Gasteiger partial charge in [-0.25, -0.2) is 9.69 Å². The Bertz CT molecular complexity index is 816. The number of amides is 6. The third-order valence-corrected chi connectivity index (χ3v) is 4.35. The molecule has 0 aliphatic carbocycles. The average Bonchev–Trinajstić information content (AvgIpc) is 2.86. The molecular weight excluding hydrogens is 364 g/mol. The molecule has 0 unspecified atom stereocenters. The van der Waals surface area contributed by atoms with Crippen LogP contribution in [0.4, 0.5) is 10.5 Å². The van der Waals surface area contributed by atoms with E-state index < -0.39 is 36.3 Å². The van der Waals surface area contributed by atoms with Crippen molar-refractivity contribution in [1.29, 1.82) is 0 Å². The van der Waals surface area contributed by atoms with Gasteiger partial charge in [0.05, 0.1) is 0 Å². The normalized spacial score (nSPS) is 14.1. The first kappa shape index (κ1) is 21.1. The van der Waals surface area contributed by atoms with Gasteiger partial charge in [-0.15, -0.1) is 0 Å². The second-order valence-corrected chi connectivity index (χ2v) is 6.55. The van der Waals surface area contributed by atoms with Crippen LogP contribution in [0, 0.1) is 0 Å². The molecule has 150 valence electrons.